The molecule has 0 bridgehead atoms. The van der Waals surface area contributed by atoms with Gasteiger partial charge in [-0.15, -0.1) is 11.8 Å². The lowest BCUT2D eigenvalue weighted by Crippen LogP contribution is -2.61. The second kappa shape index (κ2) is 5.57. The van der Waals surface area contributed by atoms with Crippen LogP contribution in [0.2, 0.25) is 0 Å². The zero-order valence-corrected chi connectivity index (χ0v) is 13.9. The Labute approximate surface area is 135 Å². The number of aromatic nitrogens is 2. The maximum Gasteiger partial charge on any atom is 0.272 e. The maximum absolute atomic E-state index is 12.6. The minimum absolute atomic E-state index is 0.139. The number of nitrogens with one attached hydrogen (secondary N) is 1. The maximum atomic E-state index is 12.6. The van der Waals surface area contributed by atoms with Crippen molar-refractivity contribution in [3.05, 3.63) is 18.0 Å². The number of carbonyl (C=O) groups excluding carboxylic acids is 1. The number of likely N-dealkylation sites (tertiary alicyclic amines) is 1. The molecular weight excluding hydrogens is 296 g/mol. The zero-order chi connectivity index (χ0) is 15.2. The van der Waals surface area contributed by atoms with Crippen molar-refractivity contribution in [3.8, 4) is 0 Å². The molecule has 1 aliphatic carbocycles. The standard InChI is InChI=1S/C16H24N4OS/c1-2-20-14(5-6-18-20)15(21)19-10-16(11-19)7-13(9-22-16)17-8-12-3-4-12/h5-6,12-13,17H,2-4,7-11H2,1H3. The topological polar surface area (TPSA) is 50.2 Å². The SMILES string of the molecule is CCn1nccc1C(=O)N1CC2(CC(NCC3CC3)CS2)C1. The summed E-state index contributed by atoms with van der Waals surface area (Å²) >= 11 is 2.06. The lowest BCUT2D eigenvalue weighted by Gasteiger charge is -2.47. The van der Waals surface area contributed by atoms with Crippen LogP contribution in [0.25, 0.3) is 0 Å². The van der Waals surface area contributed by atoms with Crippen LogP contribution in [0.15, 0.2) is 12.3 Å². The summed E-state index contributed by atoms with van der Waals surface area (Å²) in [6, 6.07) is 2.47. The van der Waals surface area contributed by atoms with Crippen molar-refractivity contribution in [2.45, 2.75) is 43.5 Å². The third-order valence-corrected chi connectivity index (χ3v) is 6.69. The van der Waals surface area contributed by atoms with E-state index in [1.54, 1.807) is 10.9 Å². The van der Waals surface area contributed by atoms with E-state index in [2.05, 4.69) is 22.2 Å². The molecular formula is C16H24N4OS. The highest BCUT2D eigenvalue weighted by molar-refractivity contribution is 8.01. The normalized spacial score (nSPS) is 26.4. The average molecular weight is 320 g/mol. The summed E-state index contributed by atoms with van der Waals surface area (Å²) < 4.78 is 2.10. The number of rotatable bonds is 5. The molecule has 2 saturated heterocycles. The highest BCUT2D eigenvalue weighted by atomic mass is 32.2. The monoisotopic (exact) mass is 320 g/mol. The van der Waals surface area contributed by atoms with Crippen LogP contribution in [0.1, 0.15) is 36.7 Å². The first-order valence-corrected chi connectivity index (χ1v) is 9.36. The van der Waals surface area contributed by atoms with Crippen LogP contribution < -0.4 is 5.32 Å². The number of nitrogens with zero attached hydrogens (tertiary/aromatic N) is 3. The van der Waals surface area contributed by atoms with Gasteiger partial charge in [-0.1, -0.05) is 0 Å². The summed E-state index contributed by atoms with van der Waals surface area (Å²) in [7, 11) is 0. The van der Waals surface area contributed by atoms with E-state index in [-0.39, 0.29) is 5.91 Å². The van der Waals surface area contributed by atoms with E-state index >= 15 is 0 Å². The zero-order valence-electron chi connectivity index (χ0n) is 13.1. The number of aryl methyl sites for hydroxylation is 1. The quantitative estimate of drug-likeness (QED) is 0.895. The van der Waals surface area contributed by atoms with Crippen LogP contribution in [0.4, 0.5) is 0 Å². The number of carbonyl (C=O) groups is 1. The fourth-order valence-corrected chi connectivity index (χ4v) is 5.18. The second-order valence-corrected chi connectivity index (χ2v) is 8.43. The molecule has 3 heterocycles. The summed E-state index contributed by atoms with van der Waals surface area (Å²) in [6.45, 7) is 5.75. The summed E-state index contributed by atoms with van der Waals surface area (Å²) in [6.07, 6.45) is 5.74. The van der Waals surface area contributed by atoms with E-state index in [1.807, 2.05) is 17.9 Å². The van der Waals surface area contributed by atoms with Gasteiger partial charge in [-0.3, -0.25) is 9.48 Å². The summed E-state index contributed by atoms with van der Waals surface area (Å²) in [5.41, 5.74) is 0.726. The van der Waals surface area contributed by atoms with Gasteiger partial charge in [-0.05, 0) is 44.7 Å². The van der Waals surface area contributed by atoms with Crippen molar-refractivity contribution < 1.29 is 4.79 Å². The molecule has 1 saturated carbocycles. The largest absolute Gasteiger partial charge is 0.334 e. The van der Waals surface area contributed by atoms with Gasteiger partial charge < -0.3 is 10.2 Å². The molecule has 1 N–H and O–H groups in total. The summed E-state index contributed by atoms with van der Waals surface area (Å²) in [5, 5.41) is 7.92. The average Bonchev–Trinajstić information content (AvgIpc) is 3.03. The van der Waals surface area contributed by atoms with Gasteiger partial charge in [0, 0.05) is 37.6 Å². The van der Waals surface area contributed by atoms with E-state index in [0.717, 1.165) is 31.2 Å². The molecule has 3 fully saturated rings. The van der Waals surface area contributed by atoms with Gasteiger partial charge >= 0.3 is 0 Å². The number of hydrogen-bond acceptors (Lipinski definition) is 4. The van der Waals surface area contributed by atoms with Gasteiger partial charge in [0.15, 0.2) is 0 Å². The molecule has 5 nitrogen and oxygen atoms in total. The Bertz CT molecular complexity index is 562. The fraction of sp³-hybridized carbons (Fsp3) is 0.750. The molecule has 1 unspecified atom stereocenters. The molecule has 1 spiro atoms. The second-order valence-electron chi connectivity index (χ2n) is 6.94. The molecule has 1 aromatic heterocycles. The van der Waals surface area contributed by atoms with Crippen molar-refractivity contribution in [3.63, 3.8) is 0 Å². The highest BCUT2D eigenvalue weighted by Gasteiger charge is 2.50. The van der Waals surface area contributed by atoms with Crippen LogP contribution in [0.3, 0.4) is 0 Å². The predicted octanol–water partition coefficient (Wildman–Crippen LogP) is 1.60. The molecule has 6 heteroatoms. The first-order chi connectivity index (χ1) is 10.7. The number of amides is 1. The molecule has 1 aromatic rings. The third-order valence-electron chi connectivity index (χ3n) is 5.08. The predicted molar refractivity (Wildman–Crippen MR) is 88.1 cm³/mol. The van der Waals surface area contributed by atoms with Crippen LogP contribution >= 0.6 is 11.8 Å². The van der Waals surface area contributed by atoms with Crippen molar-refractivity contribution in [1.29, 1.82) is 0 Å². The minimum atomic E-state index is 0.139. The Kier molecular flexibility index (Phi) is 3.69. The van der Waals surface area contributed by atoms with Gasteiger partial charge in [-0.25, -0.2) is 0 Å². The van der Waals surface area contributed by atoms with Gasteiger partial charge in [0.25, 0.3) is 5.91 Å². The summed E-state index contributed by atoms with van der Waals surface area (Å²) in [4.78, 5) is 14.5. The molecule has 1 atom stereocenters. The Morgan fingerprint density at radius 2 is 2.32 bits per heavy atom. The molecule has 2 aliphatic heterocycles. The van der Waals surface area contributed by atoms with E-state index in [4.69, 9.17) is 0 Å². The highest BCUT2D eigenvalue weighted by Crippen LogP contribution is 2.45. The fourth-order valence-electron chi connectivity index (χ4n) is 3.57. The lowest BCUT2D eigenvalue weighted by molar-refractivity contribution is 0.0539. The van der Waals surface area contributed by atoms with Crippen LogP contribution in [0.5, 0.6) is 0 Å². The van der Waals surface area contributed by atoms with Crippen LogP contribution in [0, 0.1) is 5.92 Å². The number of thioether (sulfide) groups is 1. The molecule has 4 rings (SSSR count). The van der Waals surface area contributed by atoms with E-state index in [9.17, 15) is 4.79 Å². The molecule has 1 amide bonds. The minimum Gasteiger partial charge on any atom is -0.334 e. The Balaban J connectivity index is 1.31. The van der Waals surface area contributed by atoms with Crippen LogP contribution in [-0.2, 0) is 6.54 Å². The van der Waals surface area contributed by atoms with Gasteiger partial charge in [-0.2, -0.15) is 5.10 Å². The number of hydrogen-bond donors (Lipinski definition) is 1. The lowest BCUT2D eigenvalue weighted by atomic mass is 9.91. The van der Waals surface area contributed by atoms with Gasteiger partial charge in [0.1, 0.15) is 5.69 Å². The third kappa shape index (κ3) is 2.67. The van der Waals surface area contributed by atoms with Crippen molar-refractivity contribution >= 4 is 17.7 Å². The van der Waals surface area contributed by atoms with Gasteiger partial charge in [0.2, 0.25) is 0 Å². The first-order valence-electron chi connectivity index (χ1n) is 8.37. The van der Waals surface area contributed by atoms with Crippen LogP contribution in [-0.4, -0.2) is 56.8 Å². The Morgan fingerprint density at radius 3 is 3.05 bits per heavy atom. The van der Waals surface area contributed by atoms with Crippen molar-refractivity contribution in [1.82, 2.24) is 20.0 Å². The van der Waals surface area contributed by atoms with Crippen molar-refractivity contribution in [2.75, 3.05) is 25.4 Å². The Morgan fingerprint density at radius 1 is 1.50 bits per heavy atom. The molecule has 0 radical (unpaired) electrons. The Hall–Kier alpha value is -1.01. The van der Waals surface area contributed by atoms with Gasteiger partial charge in [0.05, 0.1) is 4.75 Å². The van der Waals surface area contributed by atoms with Crippen molar-refractivity contribution in [2.24, 2.45) is 5.92 Å². The molecule has 0 aromatic carbocycles. The first kappa shape index (κ1) is 14.6. The smallest absolute Gasteiger partial charge is 0.272 e. The molecule has 3 aliphatic rings. The summed E-state index contributed by atoms with van der Waals surface area (Å²) in [5.74, 6) is 2.28. The van der Waals surface area contributed by atoms with E-state index < -0.39 is 0 Å². The van der Waals surface area contributed by atoms with E-state index in [0.29, 0.717) is 10.8 Å². The van der Waals surface area contributed by atoms with E-state index in [1.165, 1.54) is 31.6 Å². The molecule has 120 valence electrons. The molecule has 22 heavy (non-hydrogen) atoms.